The second-order valence-electron chi connectivity index (χ2n) is 7.57. The van der Waals surface area contributed by atoms with Crippen molar-refractivity contribution >= 4 is 23.4 Å². The Kier molecular flexibility index (Phi) is 5.79. The van der Waals surface area contributed by atoms with E-state index in [1.54, 1.807) is 11.0 Å². The number of amides is 3. The van der Waals surface area contributed by atoms with Crippen molar-refractivity contribution in [3.63, 3.8) is 0 Å². The maximum Gasteiger partial charge on any atom is 0.254 e. The van der Waals surface area contributed by atoms with Gasteiger partial charge >= 0.3 is 0 Å². The number of hydrogen-bond acceptors (Lipinski definition) is 4. The Morgan fingerprint density at radius 2 is 2.04 bits per heavy atom. The van der Waals surface area contributed by atoms with E-state index in [0.29, 0.717) is 31.0 Å². The number of nitrogens with two attached hydrogens (primary N) is 1. The lowest BCUT2D eigenvalue weighted by Gasteiger charge is -2.38. The first-order valence-electron chi connectivity index (χ1n) is 9.59. The normalized spacial score (nSPS) is 21.7. The molecule has 0 spiro atoms. The van der Waals surface area contributed by atoms with E-state index in [9.17, 15) is 14.4 Å². The lowest BCUT2D eigenvalue weighted by atomic mass is 9.91. The van der Waals surface area contributed by atoms with Gasteiger partial charge in [-0.25, -0.2) is 0 Å². The van der Waals surface area contributed by atoms with Crippen LogP contribution in [0.5, 0.6) is 0 Å². The number of anilines is 1. The average Bonchev–Trinajstić information content (AvgIpc) is 3.08. The van der Waals surface area contributed by atoms with Crippen molar-refractivity contribution in [1.82, 2.24) is 10.2 Å². The van der Waals surface area contributed by atoms with Crippen LogP contribution in [-0.4, -0.2) is 54.8 Å². The molecule has 1 aromatic rings. The van der Waals surface area contributed by atoms with E-state index in [1.165, 1.54) is 6.92 Å². The van der Waals surface area contributed by atoms with Crippen LogP contribution in [0.2, 0.25) is 0 Å². The molecule has 3 amide bonds. The van der Waals surface area contributed by atoms with Crippen LogP contribution in [0.15, 0.2) is 18.2 Å². The Balaban J connectivity index is 1.74. The minimum Gasteiger partial charge on any atom is -0.347 e. The fraction of sp³-hybridized carbons (Fsp3) is 0.550. The Hall–Kier alpha value is -2.41. The van der Waals surface area contributed by atoms with Gasteiger partial charge in [0.05, 0.1) is 6.54 Å². The molecule has 7 heteroatoms. The molecule has 1 fully saturated rings. The molecule has 3 rings (SSSR count). The van der Waals surface area contributed by atoms with Gasteiger partial charge in [-0.15, -0.1) is 0 Å². The van der Waals surface area contributed by atoms with Gasteiger partial charge < -0.3 is 20.9 Å². The van der Waals surface area contributed by atoms with E-state index in [4.69, 9.17) is 5.73 Å². The predicted octanol–water partition coefficient (Wildman–Crippen LogP) is 0.911. The number of fused-ring (bicyclic) bond motifs is 1. The molecule has 2 aliphatic heterocycles. The van der Waals surface area contributed by atoms with Crippen LogP contribution < -0.4 is 16.0 Å². The summed E-state index contributed by atoms with van der Waals surface area (Å²) in [5.74, 6) is 0.235. The summed E-state index contributed by atoms with van der Waals surface area (Å²) in [4.78, 5) is 39.9. The summed E-state index contributed by atoms with van der Waals surface area (Å²) in [5.41, 5.74) is 8.36. The molecule has 2 aliphatic rings. The smallest absolute Gasteiger partial charge is 0.254 e. The van der Waals surface area contributed by atoms with Gasteiger partial charge in [0.1, 0.15) is 0 Å². The van der Waals surface area contributed by atoms with Crippen LogP contribution >= 0.6 is 0 Å². The van der Waals surface area contributed by atoms with Crippen molar-refractivity contribution in [1.29, 1.82) is 0 Å². The van der Waals surface area contributed by atoms with Crippen molar-refractivity contribution in [3.8, 4) is 0 Å². The van der Waals surface area contributed by atoms with E-state index in [-0.39, 0.29) is 30.3 Å². The highest BCUT2D eigenvalue weighted by atomic mass is 16.2. The van der Waals surface area contributed by atoms with Gasteiger partial charge in [-0.2, -0.15) is 0 Å². The van der Waals surface area contributed by atoms with Gasteiger partial charge in [0.15, 0.2) is 0 Å². The second-order valence-corrected chi connectivity index (χ2v) is 7.57. The molecule has 3 N–H and O–H groups in total. The number of rotatable bonds is 4. The van der Waals surface area contributed by atoms with Crippen LogP contribution in [0.4, 0.5) is 5.69 Å². The van der Waals surface area contributed by atoms with E-state index in [0.717, 1.165) is 30.6 Å². The Morgan fingerprint density at radius 1 is 1.26 bits per heavy atom. The van der Waals surface area contributed by atoms with Gasteiger partial charge in [-0.1, -0.05) is 6.92 Å². The number of benzene rings is 1. The monoisotopic (exact) mass is 372 g/mol. The number of piperidine rings is 1. The lowest BCUT2D eigenvalue weighted by Crippen LogP contribution is -2.49. The fourth-order valence-corrected chi connectivity index (χ4v) is 4.00. The molecule has 1 aromatic carbocycles. The molecule has 0 radical (unpaired) electrons. The van der Waals surface area contributed by atoms with Crippen molar-refractivity contribution in [2.24, 2.45) is 11.7 Å². The standard InChI is InChI=1S/C20H28N4O3/c1-13-5-7-23(17(9-13)11-21)20(27)16-3-4-18-15(10-16)6-8-24(18)19(26)12-22-14(2)25/h3-4,10,13,17H,5-9,11-12,21H2,1-2H3,(H,22,25). The van der Waals surface area contributed by atoms with Crippen LogP contribution in [0.25, 0.3) is 0 Å². The first-order valence-corrected chi connectivity index (χ1v) is 9.59. The quantitative estimate of drug-likeness (QED) is 0.821. The van der Waals surface area contributed by atoms with Gasteiger partial charge in [0.2, 0.25) is 11.8 Å². The van der Waals surface area contributed by atoms with E-state index in [2.05, 4.69) is 12.2 Å². The fourth-order valence-electron chi connectivity index (χ4n) is 4.00. The van der Waals surface area contributed by atoms with Crippen molar-refractivity contribution in [2.75, 3.05) is 31.1 Å². The molecule has 1 saturated heterocycles. The van der Waals surface area contributed by atoms with Crippen molar-refractivity contribution in [2.45, 2.75) is 39.2 Å². The Labute approximate surface area is 159 Å². The number of carbonyl (C=O) groups is 3. The summed E-state index contributed by atoms with van der Waals surface area (Å²) in [7, 11) is 0. The third-order valence-corrected chi connectivity index (χ3v) is 5.52. The molecule has 0 bridgehead atoms. The van der Waals surface area contributed by atoms with Crippen LogP contribution in [0.3, 0.4) is 0 Å². The number of carbonyl (C=O) groups excluding carboxylic acids is 3. The zero-order valence-electron chi connectivity index (χ0n) is 16.0. The lowest BCUT2D eigenvalue weighted by molar-refractivity contribution is -0.123. The third kappa shape index (κ3) is 4.13. The predicted molar refractivity (Wildman–Crippen MR) is 103 cm³/mol. The molecule has 0 aromatic heterocycles. The minimum atomic E-state index is -0.228. The topological polar surface area (TPSA) is 95.7 Å². The first kappa shape index (κ1) is 19.4. The summed E-state index contributed by atoms with van der Waals surface area (Å²) in [6, 6.07) is 5.61. The molecular formula is C20H28N4O3. The number of hydrogen-bond donors (Lipinski definition) is 2. The van der Waals surface area contributed by atoms with Crippen LogP contribution in [0, 0.1) is 5.92 Å². The summed E-state index contributed by atoms with van der Waals surface area (Å²) in [5, 5.41) is 2.54. The highest BCUT2D eigenvalue weighted by molar-refractivity contribution is 6.00. The summed E-state index contributed by atoms with van der Waals surface area (Å²) in [6.45, 7) is 5.36. The largest absolute Gasteiger partial charge is 0.347 e. The highest BCUT2D eigenvalue weighted by Crippen LogP contribution is 2.30. The van der Waals surface area contributed by atoms with E-state index in [1.807, 2.05) is 17.0 Å². The van der Waals surface area contributed by atoms with Gasteiger partial charge in [-0.3, -0.25) is 14.4 Å². The van der Waals surface area contributed by atoms with E-state index >= 15 is 0 Å². The van der Waals surface area contributed by atoms with Crippen molar-refractivity contribution < 1.29 is 14.4 Å². The number of likely N-dealkylation sites (tertiary alicyclic amines) is 1. The first-order chi connectivity index (χ1) is 12.9. The summed E-state index contributed by atoms with van der Waals surface area (Å²) < 4.78 is 0. The SMILES string of the molecule is CC(=O)NCC(=O)N1CCc2cc(C(=O)N3CCC(C)CC3CN)ccc21. The molecule has 27 heavy (non-hydrogen) atoms. The highest BCUT2D eigenvalue weighted by Gasteiger charge is 2.31. The summed E-state index contributed by atoms with van der Waals surface area (Å²) >= 11 is 0. The molecule has 146 valence electrons. The van der Waals surface area contributed by atoms with Gasteiger partial charge in [-0.05, 0) is 48.9 Å². The Morgan fingerprint density at radius 3 is 2.74 bits per heavy atom. The molecule has 0 aliphatic carbocycles. The maximum absolute atomic E-state index is 13.0. The molecule has 7 nitrogen and oxygen atoms in total. The molecule has 0 saturated carbocycles. The minimum absolute atomic E-state index is 0.0143. The average molecular weight is 372 g/mol. The maximum atomic E-state index is 13.0. The van der Waals surface area contributed by atoms with Crippen molar-refractivity contribution in [3.05, 3.63) is 29.3 Å². The molecule has 2 unspecified atom stereocenters. The molecule has 2 atom stereocenters. The number of nitrogens with one attached hydrogen (secondary N) is 1. The Bertz CT molecular complexity index is 749. The second kappa shape index (κ2) is 8.08. The summed E-state index contributed by atoms with van der Waals surface area (Å²) in [6.07, 6.45) is 2.65. The third-order valence-electron chi connectivity index (χ3n) is 5.52. The zero-order valence-corrected chi connectivity index (χ0v) is 16.0. The molecule has 2 heterocycles. The van der Waals surface area contributed by atoms with Gasteiger partial charge in [0.25, 0.3) is 5.91 Å². The van der Waals surface area contributed by atoms with Gasteiger partial charge in [0, 0.05) is 43.9 Å². The number of nitrogens with zero attached hydrogens (tertiary/aromatic N) is 2. The van der Waals surface area contributed by atoms with Crippen LogP contribution in [0.1, 0.15) is 42.6 Å². The zero-order chi connectivity index (χ0) is 19.6. The van der Waals surface area contributed by atoms with E-state index < -0.39 is 0 Å². The van der Waals surface area contributed by atoms with Crippen LogP contribution in [-0.2, 0) is 16.0 Å². The molecular weight excluding hydrogens is 344 g/mol.